The molecule has 0 aliphatic rings. The average molecular weight is 277 g/mol. The Labute approximate surface area is 107 Å². The Bertz CT molecular complexity index is 501. The van der Waals surface area contributed by atoms with Crippen molar-refractivity contribution >= 4 is 5.91 Å². The highest BCUT2D eigenvalue weighted by molar-refractivity contribution is 5.95. The second kappa shape index (κ2) is 5.48. The number of phenols is 1. The van der Waals surface area contributed by atoms with Crippen LogP contribution in [0.2, 0.25) is 0 Å². The van der Waals surface area contributed by atoms with E-state index in [2.05, 4.69) is 5.32 Å². The second-order valence-electron chi connectivity index (χ2n) is 4.41. The van der Waals surface area contributed by atoms with Crippen LogP contribution in [-0.2, 0) is 0 Å². The van der Waals surface area contributed by atoms with Gasteiger partial charge in [-0.2, -0.15) is 4.39 Å². The number of phenolic OH excluding ortho intramolecular Hbond substituents is 1. The van der Waals surface area contributed by atoms with Crippen LogP contribution in [0.3, 0.4) is 0 Å². The summed E-state index contributed by atoms with van der Waals surface area (Å²) in [5.74, 6) is -7.44. The van der Waals surface area contributed by atoms with Gasteiger partial charge in [-0.3, -0.25) is 4.79 Å². The molecule has 1 rings (SSSR count). The molecule has 0 aromatic heterocycles. The highest BCUT2D eigenvalue weighted by Gasteiger charge is 2.28. The molecule has 0 radical (unpaired) electrons. The Kier molecular flexibility index (Phi) is 4.41. The average Bonchev–Trinajstić information content (AvgIpc) is 2.40. The number of rotatable bonds is 4. The molecule has 1 amide bonds. The molecule has 1 unspecified atom stereocenters. The van der Waals surface area contributed by atoms with Crippen molar-refractivity contribution < 1.29 is 28.2 Å². The van der Waals surface area contributed by atoms with Crippen molar-refractivity contribution in [3.63, 3.8) is 0 Å². The van der Waals surface area contributed by atoms with Crippen LogP contribution in [0.1, 0.15) is 30.6 Å². The summed E-state index contributed by atoms with van der Waals surface area (Å²) < 4.78 is 39.4. The number of aliphatic hydroxyl groups excluding tert-OH is 1. The maximum Gasteiger partial charge on any atom is 0.255 e. The van der Waals surface area contributed by atoms with Crippen molar-refractivity contribution in [1.29, 1.82) is 0 Å². The third-order valence-electron chi connectivity index (χ3n) is 2.92. The third kappa shape index (κ3) is 2.98. The molecule has 1 aromatic rings. The Morgan fingerprint density at radius 1 is 1.37 bits per heavy atom. The maximum absolute atomic E-state index is 13.5. The van der Waals surface area contributed by atoms with Crippen LogP contribution in [0, 0.1) is 17.5 Å². The van der Waals surface area contributed by atoms with E-state index in [1.807, 2.05) is 0 Å². The van der Waals surface area contributed by atoms with Gasteiger partial charge in [-0.25, -0.2) is 8.78 Å². The van der Waals surface area contributed by atoms with Gasteiger partial charge in [0, 0.05) is 0 Å². The van der Waals surface area contributed by atoms with Crippen molar-refractivity contribution in [2.75, 3.05) is 6.61 Å². The Morgan fingerprint density at radius 3 is 2.42 bits per heavy atom. The van der Waals surface area contributed by atoms with Crippen LogP contribution < -0.4 is 5.32 Å². The molecule has 0 bridgehead atoms. The minimum atomic E-state index is -1.76. The van der Waals surface area contributed by atoms with E-state index in [0.717, 1.165) is 0 Å². The minimum Gasteiger partial charge on any atom is -0.503 e. The number of amides is 1. The van der Waals surface area contributed by atoms with E-state index in [1.54, 1.807) is 6.92 Å². The van der Waals surface area contributed by atoms with Crippen LogP contribution >= 0.6 is 0 Å². The summed E-state index contributed by atoms with van der Waals surface area (Å²) in [5.41, 5.74) is -1.85. The molecular formula is C12H14F3NO3. The first kappa shape index (κ1) is 15.3. The van der Waals surface area contributed by atoms with Crippen molar-refractivity contribution in [2.24, 2.45) is 0 Å². The molecule has 1 atom stereocenters. The number of aromatic hydroxyl groups is 1. The van der Waals surface area contributed by atoms with Gasteiger partial charge >= 0.3 is 0 Å². The Hall–Kier alpha value is -1.76. The summed E-state index contributed by atoms with van der Waals surface area (Å²) in [6.45, 7) is 2.77. The molecule has 19 heavy (non-hydrogen) atoms. The van der Waals surface area contributed by atoms with Crippen LogP contribution in [0.15, 0.2) is 6.07 Å². The monoisotopic (exact) mass is 277 g/mol. The van der Waals surface area contributed by atoms with E-state index in [9.17, 15) is 18.0 Å². The maximum atomic E-state index is 13.5. The van der Waals surface area contributed by atoms with Gasteiger partial charge in [0.2, 0.25) is 5.82 Å². The van der Waals surface area contributed by atoms with E-state index in [0.29, 0.717) is 12.5 Å². The highest BCUT2D eigenvalue weighted by Crippen LogP contribution is 2.26. The SMILES string of the molecule is CCC(C)(CO)NC(=O)c1cc(F)c(F)c(O)c1F. The Balaban J connectivity index is 3.15. The number of carbonyl (C=O) groups excluding carboxylic acids is 1. The predicted molar refractivity (Wildman–Crippen MR) is 61.2 cm³/mol. The van der Waals surface area contributed by atoms with Crippen molar-refractivity contribution in [3.8, 4) is 5.75 Å². The van der Waals surface area contributed by atoms with Gasteiger partial charge in [0.15, 0.2) is 17.4 Å². The van der Waals surface area contributed by atoms with Gasteiger partial charge in [0.05, 0.1) is 17.7 Å². The van der Waals surface area contributed by atoms with E-state index < -0.39 is 46.8 Å². The first-order valence-corrected chi connectivity index (χ1v) is 5.55. The van der Waals surface area contributed by atoms with Gasteiger partial charge < -0.3 is 15.5 Å². The first-order chi connectivity index (χ1) is 8.75. The number of nitrogens with one attached hydrogen (secondary N) is 1. The zero-order chi connectivity index (χ0) is 14.8. The van der Waals surface area contributed by atoms with E-state index in [1.165, 1.54) is 6.92 Å². The summed E-state index contributed by atoms with van der Waals surface area (Å²) in [4.78, 5) is 11.8. The summed E-state index contributed by atoms with van der Waals surface area (Å²) in [6.07, 6.45) is 0.340. The molecule has 3 N–H and O–H groups in total. The lowest BCUT2D eigenvalue weighted by atomic mass is 9.99. The lowest BCUT2D eigenvalue weighted by Crippen LogP contribution is -2.48. The number of hydrogen-bond acceptors (Lipinski definition) is 3. The van der Waals surface area contributed by atoms with Crippen LogP contribution in [0.5, 0.6) is 5.75 Å². The second-order valence-corrected chi connectivity index (χ2v) is 4.41. The predicted octanol–water partition coefficient (Wildman–Crippen LogP) is 1.70. The van der Waals surface area contributed by atoms with E-state index in [4.69, 9.17) is 10.2 Å². The van der Waals surface area contributed by atoms with Crippen molar-refractivity contribution in [2.45, 2.75) is 25.8 Å². The number of carbonyl (C=O) groups is 1. The van der Waals surface area contributed by atoms with Gasteiger partial charge in [-0.05, 0) is 19.4 Å². The summed E-state index contributed by atoms with van der Waals surface area (Å²) in [7, 11) is 0. The summed E-state index contributed by atoms with van der Waals surface area (Å²) in [5, 5.41) is 20.4. The molecular weight excluding hydrogens is 263 g/mol. The summed E-state index contributed by atoms with van der Waals surface area (Å²) >= 11 is 0. The van der Waals surface area contributed by atoms with Crippen LogP contribution in [0.4, 0.5) is 13.2 Å². The smallest absolute Gasteiger partial charge is 0.255 e. The largest absolute Gasteiger partial charge is 0.503 e. The number of halogens is 3. The van der Waals surface area contributed by atoms with Crippen molar-refractivity contribution in [1.82, 2.24) is 5.32 Å². The summed E-state index contributed by atoms with van der Waals surface area (Å²) in [6, 6.07) is 0.354. The normalized spacial score (nSPS) is 14.0. The fourth-order valence-electron chi connectivity index (χ4n) is 1.34. The quantitative estimate of drug-likeness (QED) is 0.734. The highest BCUT2D eigenvalue weighted by atomic mass is 19.2. The van der Waals surface area contributed by atoms with E-state index in [-0.39, 0.29) is 0 Å². The van der Waals surface area contributed by atoms with Gasteiger partial charge in [0.1, 0.15) is 0 Å². The molecule has 0 aliphatic carbocycles. The third-order valence-corrected chi connectivity index (χ3v) is 2.92. The molecule has 1 aromatic carbocycles. The zero-order valence-electron chi connectivity index (χ0n) is 10.4. The van der Waals surface area contributed by atoms with Gasteiger partial charge in [-0.1, -0.05) is 6.92 Å². The fourth-order valence-corrected chi connectivity index (χ4v) is 1.34. The molecule has 4 nitrogen and oxygen atoms in total. The molecule has 0 aliphatic heterocycles. The molecule has 7 heteroatoms. The zero-order valence-corrected chi connectivity index (χ0v) is 10.4. The number of benzene rings is 1. The molecule has 0 heterocycles. The van der Waals surface area contributed by atoms with Crippen molar-refractivity contribution in [3.05, 3.63) is 29.1 Å². The molecule has 0 saturated carbocycles. The minimum absolute atomic E-state index is 0.340. The molecule has 0 spiro atoms. The van der Waals surface area contributed by atoms with Gasteiger partial charge in [-0.15, -0.1) is 0 Å². The molecule has 106 valence electrons. The number of hydrogen-bond donors (Lipinski definition) is 3. The fraction of sp³-hybridized carbons (Fsp3) is 0.417. The van der Waals surface area contributed by atoms with Crippen LogP contribution in [0.25, 0.3) is 0 Å². The lowest BCUT2D eigenvalue weighted by molar-refractivity contribution is 0.0841. The first-order valence-electron chi connectivity index (χ1n) is 5.55. The topological polar surface area (TPSA) is 69.6 Å². The number of aliphatic hydroxyl groups is 1. The standard InChI is InChI=1S/C12H14F3NO3/c1-3-12(2,5-17)16-11(19)6-4-7(13)9(15)10(18)8(6)14/h4,17-18H,3,5H2,1-2H3,(H,16,19). The van der Waals surface area contributed by atoms with Crippen LogP contribution in [-0.4, -0.2) is 28.3 Å². The lowest BCUT2D eigenvalue weighted by Gasteiger charge is -2.27. The molecule has 0 fully saturated rings. The van der Waals surface area contributed by atoms with E-state index >= 15 is 0 Å². The Morgan fingerprint density at radius 2 is 1.95 bits per heavy atom. The van der Waals surface area contributed by atoms with Gasteiger partial charge in [0.25, 0.3) is 5.91 Å². The molecule has 0 saturated heterocycles.